The van der Waals surface area contributed by atoms with Crippen LogP contribution in [0.1, 0.15) is 0 Å². The van der Waals surface area contributed by atoms with Gasteiger partial charge in [0.05, 0.1) is 5.56 Å². The van der Waals surface area contributed by atoms with Gasteiger partial charge in [0, 0.05) is 32.7 Å². The lowest BCUT2D eigenvalue weighted by molar-refractivity contribution is 0.668. The van der Waals surface area contributed by atoms with Gasteiger partial charge in [-0.2, -0.15) is 0 Å². The van der Waals surface area contributed by atoms with Crippen LogP contribution in [0.25, 0.3) is 111 Å². The number of hydrogen-bond donors (Lipinski definition) is 0. The predicted octanol–water partition coefficient (Wildman–Crippen LogP) is 13.7. The number of aromatic nitrogens is 3. The number of nitrogens with zero attached hydrogens (tertiary/aromatic N) is 3. The first-order valence-corrected chi connectivity index (χ1v) is 18.7. The molecule has 3 heterocycles. The monoisotopic (exact) mass is 717 g/mol. The van der Waals surface area contributed by atoms with Crippen LogP contribution in [0.3, 0.4) is 0 Å². The zero-order valence-electron chi connectivity index (χ0n) is 30.1. The second kappa shape index (κ2) is 13.0. The normalized spacial score (nSPS) is 11.6. The molecule has 0 bridgehead atoms. The standard InChI is InChI=1S/C51H31N3O2/c1-4-13-32(14-5-1)34-23-25-36(26-24-34)50-52-49(35-17-8-3-9-18-35)53-51(54-50)42-21-12-20-40-39-28-27-37(30-45(39)56-48(40)42)43-29-38(33-15-6-2-7-16-33)31-46-47(43)41-19-10-11-22-44(41)55-46/h1-31H. The molecule has 3 aromatic heterocycles. The maximum atomic E-state index is 6.83. The molecular weight excluding hydrogens is 687 g/mol. The fourth-order valence-electron chi connectivity index (χ4n) is 7.81. The fraction of sp³-hybridized carbons (Fsp3) is 0. The highest BCUT2D eigenvalue weighted by Gasteiger charge is 2.20. The number of furan rings is 2. The highest BCUT2D eigenvalue weighted by atomic mass is 16.3. The van der Waals surface area contributed by atoms with E-state index >= 15 is 0 Å². The van der Waals surface area contributed by atoms with Crippen LogP contribution in [0.15, 0.2) is 197 Å². The molecule has 5 heteroatoms. The predicted molar refractivity (Wildman–Crippen MR) is 227 cm³/mol. The van der Waals surface area contributed by atoms with Gasteiger partial charge in [0.1, 0.15) is 22.3 Å². The second-order valence-corrected chi connectivity index (χ2v) is 14.0. The summed E-state index contributed by atoms with van der Waals surface area (Å²) in [7, 11) is 0. The third-order valence-electron chi connectivity index (χ3n) is 10.6. The maximum Gasteiger partial charge on any atom is 0.167 e. The van der Waals surface area contributed by atoms with E-state index in [1.165, 1.54) is 0 Å². The largest absolute Gasteiger partial charge is 0.456 e. The van der Waals surface area contributed by atoms with Gasteiger partial charge in [-0.3, -0.25) is 0 Å². The molecule has 0 saturated heterocycles. The van der Waals surface area contributed by atoms with Crippen LogP contribution in [0.2, 0.25) is 0 Å². The Labute approximate surface area is 322 Å². The summed E-state index contributed by atoms with van der Waals surface area (Å²) in [6.45, 7) is 0. The molecule has 0 aliphatic carbocycles. The zero-order valence-corrected chi connectivity index (χ0v) is 30.1. The van der Waals surface area contributed by atoms with E-state index in [9.17, 15) is 0 Å². The van der Waals surface area contributed by atoms with Gasteiger partial charge >= 0.3 is 0 Å². The average molecular weight is 718 g/mol. The summed E-state index contributed by atoms with van der Waals surface area (Å²) in [6.07, 6.45) is 0. The van der Waals surface area contributed by atoms with Crippen molar-refractivity contribution in [3.63, 3.8) is 0 Å². The van der Waals surface area contributed by atoms with E-state index in [1.807, 2.05) is 66.7 Å². The lowest BCUT2D eigenvalue weighted by Crippen LogP contribution is -2.00. The zero-order chi connectivity index (χ0) is 37.0. The van der Waals surface area contributed by atoms with Crippen molar-refractivity contribution in [2.45, 2.75) is 0 Å². The number of para-hydroxylation sites is 2. The number of hydrogen-bond acceptors (Lipinski definition) is 5. The molecule has 0 saturated carbocycles. The maximum absolute atomic E-state index is 6.83. The summed E-state index contributed by atoms with van der Waals surface area (Å²) in [6, 6.07) is 64.5. The van der Waals surface area contributed by atoms with Crippen molar-refractivity contribution in [1.82, 2.24) is 15.0 Å². The molecule has 11 rings (SSSR count). The molecule has 8 aromatic carbocycles. The fourth-order valence-corrected chi connectivity index (χ4v) is 7.81. The van der Waals surface area contributed by atoms with Crippen LogP contribution in [-0.4, -0.2) is 15.0 Å². The second-order valence-electron chi connectivity index (χ2n) is 14.0. The van der Waals surface area contributed by atoms with E-state index in [0.29, 0.717) is 17.5 Å². The van der Waals surface area contributed by atoms with E-state index in [2.05, 4.69) is 121 Å². The molecular formula is C51H31N3O2. The number of fused-ring (bicyclic) bond motifs is 6. The lowest BCUT2D eigenvalue weighted by Gasteiger charge is -2.09. The first-order chi connectivity index (χ1) is 27.7. The van der Waals surface area contributed by atoms with E-state index in [4.69, 9.17) is 23.8 Å². The quantitative estimate of drug-likeness (QED) is 0.171. The third-order valence-corrected chi connectivity index (χ3v) is 10.6. The Bertz CT molecular complexity index is 3220. The van der Waals surface area contributed by atoms with Crippen LogP contribution in [-0.2, 0) is 0 Å². The van der Waals surface area contributed by atoms with Crippen molar-refractivity contribution >= 4 is 43.9 Å². The van der Waals surface area contributed by atoms with Crippen LogP contribution in [0.4, 0.5) is 0 Å². The van der Waals surface area contributed by atoms with Crippen LogP contribution in [0, 0.1) is 0 Å². The molecule has 11 aromatic rings. The molecule has 0 radical (unpaired) electrons. The van der Waals surface area contributed by atoms with Gasteiger partial charge in [-0.25, -0.2) is 15.0 Å². The minimum Gasteiger partial charge on any atom is -0.456 e. The minimum absolute atomic E-state index is 0.549. The summed E-state index contributed by atoms with van der Waals surface area (Å²) in [5.41, 5.74) is 12.5. The minimum atomic E-state index is 0.549. The Morgan fingerprint density at radius 3 is 1.55 bits per heavy atom. The number of rotatable bonds is 6. The molecule has 0 aliphatic heterocycles. The molecule has 0 fully saturated rings. The van der Waals surface area contributed by atoms with Crippen molar-refractivity contribution in [2.24, 2.45) is 0 Å². The molecule has 0 amide bonds. The Morgan fingerprint density at radius 1 is 0.286 bits per heavy atom. The highest BCUT2D eigenvalue weighted by Crippen LogP contribution is 2.43. The molecule has 0 spiro atoms. The molecule has 0 aliphatic rings. The average Bonchev–Trinajstić information content (AvgIpc) is 3.85. The molecule has 5 nitrogen and oxygen atoms in total. The van der Waals surface area contributed by atoms with Crippen molar-refractivity contribution < 1.29 is 8.83 Å². The third kappa shape index (κ3) is 5.45. The van der Waals surface area contributed by atoms with Crippen molar-refractivity contribution in [1.29, 1.82) is 0 Å². The molecule has 262 valence electrons. The van der Waals surface area contributed by atoms with Gasteiger partial charge in [0.2, 0.25) is 0 Å². The summed E-state index contributed by atoms with van der Waals surface area (Å²) < 4.78 is 13.3. The van der Waals surface area contributed by atoms with Crippen molar-refractivity contribution in [2.75, 3.05) is 0 Å². The summed E-state index contributed by atoms with van der Waals surface area (Å²) in [5.74, 6) is 1.74. The van der Waals surface area contributed by atoms with E-state index in [1.54, 1.807) is 0 Å². The Balaban J connectivity index is 1.07. The van der Waals surface area contributed by atoms with Crippen LogP contribution < -0.4 is 0 Å². The van der Waals surface area contributed by atoms with E-state index in [0.717, 1.165) is 93.9 Å². The molecule has 0 atom stereocenters. The lowest BCUT2D eigenvalue weighted by atomic mass is 9.94. The summed E-state index contributed by atoms with van der Waals surface area (Å²) >= 11 is 0. The van der Waals surface area contributed by atoms with Crippen LogP contribution in [0.5, 0.6) is 0 Å². The summed E-state index contributed by atoms with van der Waals surface area (Å²) in [5, 5.41) is 4.18. The van der Waals surface area contributed by atoms with Crippen molar-refractivity contribution in [3.8, 4) is 67.5 Å². The summed E-state index contributed by atoms with van der Waals surface area (Å²) in [4.78, 5) is 15.1. The topological polar surface area (TPSA) is 65.0 Å². The van der Waals surface area contributed by atoms with Gasteiger partial charge in [0.15, 0.2) is 17.5 Å². The number of benzene rings is 8. The van der Waals surface area contributed by atoms with E-state index in [-0.39, 0.29) is 0 Å². The van der Waals surface area contributed by atoms with Crippen molar-refractivity contribution in [3.05, 3.63) is 188 Å². The van der Waals surface area contributed by atoms with Gasteiger partial charge in [-0.05, 0) is 69.8 Å². The Kier molecular flexibility index (Phi) is 7.42. The van der Waals surface area contributed by atoms with E-state index < -0.39 is 0 Å². The SMILES string of the molecule is c1ccc(-c2ccc(-c3nc(-c4ccccc4)nc(-c4cccc5c4oc4cc(-c6cc(-c7ccccc7)cc7oc8ccccc8c67)ccc45)n3)cc2)cc1. The van der Waals surface area contributed by atoms with Gasteiger partial charge in [-0.1, -0.05) is 152 Å². The Hall–Kier alpha value is -7.63. The molecule has 0 unspecified atom stereocenters. The highest BCUT2D eigenvalue weighted by molar-refractivity contribution is 6.15. The van der Waals surface area contributed by atoms with Gasteiger partial charge < -0.3 is 8.83 Å². The smallest absolute Gasteiger partial charge is 0.167 e. The Morgan fingerprint density at radius 2 is 0.821 bits per heavy atom. The first-order valence-electron chi connectivity index (χ1n) is 18.7. The molecule has 56 heavy (non-hydrogen) atoms. The first kappa shape index (κ1) is 31.9. The van der Waals surface area contributed by atoms with Crippen LogP contribution >= 0.6 is 0 Å². The van der Waals surface area contributed by atoms with Gasteiger partial charge in [0.25, 0.3) is 0 Å². The van der Waals surface area contributed by atoms with Gasteiger partial charge in [-0.15, -0.1) is 0 Å². The molecule has 0 N–H and O–H groups in total.